The molecular formula is C8H13NO2. The van der Waals surface area contributed by atoms with Crippen LogP contribution in [0.1, 0.15) is 19.3 Å². The Balaban J connectivity index is 2.16. The first-order valence-electron chi connectivity index (χ1n) is 3.84. The summed E-state index contributed by atoms with van der Waals surface area (Å²) in [4.78, 5) is 10.3. The normalized spacial score (nSPS) is 23.5. The molecule has 0 aromatic heterocycles. The minimum Gasteiger partial charge on any atom is -0.368 e. The summed E-state index contributed by atoms with van der Waals surface area (Å²) < 4.78 is 5.22. The molecule has 1 amide bonds. The predicted molar refractivity (Wildman–Crippen MR) is 41.9 cm³/mol. The number of carbonyl (C=O) groups is 1. The highest BCUT2D eigenvalue weighted by atomic mass is 16.5. The van der Waals surface area contributed by atoms with Crippen LogP contribution >= 0.6 is 0 Å². The van der Waals surface area contributed by atoms with E-state index in [1.54, 1.807) is 0 Å². The average molecular weight is 155 g/mol. The molecule has 1 unspecified atom stereocenters. The molecule has 11 heavy (non-hydrogen) atoms. The Labute approximate surface area is 66.2 Å². The number of primary amides is 1. The molecule has 0 saturated carbocycles. The van der Waals surface area contributed by atoms with Crippen molar-refractivity contribution in [3.63, 3.8) is 0 Å². The Bertz CT molecular complexity index is 165. The first-order valence-corrected chi connectivity index (χ1v) is 3.84. The predicted octanol–water partition coefficient (Wildman–Crippen LogP) is 0.597. The molecule has 1 atom stereocenters. The second-order valence-corrected chi connectivity index (χ2v) is 2.68. The standard InChI is InChI=1S/C8H13NO2/c9-8(10)6-11-7-4-2-1-3-5-7/h1-2,7H,3-6H2,(H2,9,10). The van der Waals surface area contributed by atoms with E-state index in [-0.39, 0.29) is 18.6 Å². The molecule has 2 N–H and O–H groups in total. The van der Waals surface area contributed by atoms with Gasteiger partial charge in [0.15, 0.2) is 0 Å². The summed E-state index contributed by atoms with van der Waals surface area (Å²) in [5.41, 5.74) is 4.93. The van der Waals surface area contributed by atoms with Crippen molar-refractivity contribution in [1.82, 2.24) is 0 Å². The minimum atomic E-state index is -0.389. The fraction of sp³-hybridized carbons (Fsp3) is 0.625. The third kappa shape index (κ3) is 3.18. The molecule has 0 aromatic carbocycles. The van der Waals surface area contributed by atoms with Crippen molar-refractivity contribution in [2.45, 2.75) is 25.4 Å². The molecule has 0 spiro atoms. The zero-order valence-corrected chi connectivity index (χ0v) is 6.45. The van der Waals surface area contributed by atoms with Crippen LogP contribution in [0.15, 0.2) is 12.2 Å². The van der Waals surface area contributed by atoms with Crippen molar-refractivity contribution in [2.75, 3.05) is 6.61 Å². The highest BCUT2D eigenvalue weighted by molar-refractivity contribution is 5.75. The maximum absolute atomic E-state index is 10.3. The zero-order chi connectivity index (χ0) is 8.10. The lowest BCUT2D eigenvalue weighted by molar-refractivity contribution is -0.124. The lowest BCUT2D eigenvalue weighted by Crippen LogP contribution is -2.23. The molecule has 0 heterocycles. The number of hydrogen-bond donors (Lipinski definition) is 1. The smallest absolute Gasteiger partial charge is 0.243 e. The number of nitrogens with two attached hydrogens (primary N) is 1. The van der Waals surface area contributed by atoms with Crippen molar-refractivity contribution in [3.8, 4) is 0 Å². The summed E-state index contributed by atoms with van der Waals surface area (Å²) in [6.45, 7) is 0.0541. The van der Waals surface area contributed by atoms with E-state index in [1.807, 2.05) is 0 Å². The van der Waals surface area contributed by atoms with Gasteiger partial charge in [-0.3, -0.25) is 4.79 Å². The van der Waals surface area contributed by atoms with Crippen LogP contribution in [-0.4, -0.2) is 18.6 Å². The second-order valence-electron chi connectivity index (χ2n) is 2.68. The van der Waals surface area contributed by atoms with Gasteiger partial charge >= 0.3 is 0 Å². The lowest BCUT2D eigenvalue weighted by Gasteiger charge is -2.17. The molecule has 0 bridgehead atoms. The molecule has 0 fully saturated rings. The number of amides is 1. The maximum Gasteiger partial charge on any atom is 0.243 e. The third-order valence-electron chi connectivity index (χ3n) is 1.68. The molecule has 0 aromatic rings. The van der Waals surface area contributed by atoms with E-state index in [9.17, 15) is 4.79 Å². The molecule has 1 aliphatic rings. The van der Waals surface area contributed by atoms with Crippen LogP contribution in [0.25, 0.3) is 0 Å². The average Bonchev–Trinajstić information content (AvgIpc) is 2.03. The van der Waals surface area contributed by atoms with E-state index < -0.39 is 0 Å². The molecule has 1 rings (SSSR count). The lowest BCUT2D eigenvalue weighted by atomic mass is 10.1. The summed E-state index contributed by atoms with van der Waals surface area (Å²) in [6, 6.07) is 0. The minimum absolute atomic E-state index is 0.0541. The van der Waals surface area contributed by atoms with Crippen molar-refractivity contribution >= 4 is 5.91 Å². The van der Waals surface area contributed by atoms with Gasteiger partial charge in [-0.1, -0.05) is 12.2 Å². The van der Waals surface area contributed by atoms with Crippen LogP contribution in [0.3, 0.4) is 0 Å². The first-order chi connectivity index (χ1) is 5.29. The molecule has 3 nitrogen and oxygen atoms in total. The van der Waals surface area contributed by atoms with Gasteiger partial charge in [-0.15, -0.1) is 0 Å². The van der Waals surface area contributed by atoms with Crippen LogP contribution in [0, 0.1) is 0 Å². The Morgan fingerprint density at radius 3 is 3.00 bits per heavy atom. The second kappa shape index (κ2) is 4.13. The van der Waals surface area contributed by atoms with Crippen molar-refractivity contribution in [3.05, 3.63) is 12.2 Å². The van der Waals surface area contributed by atoms with E-state index in [0.29, 0.717) is 0 Å². The van der Waals surface area contributed by atoms with Gasteiger partial charge in [0.05, 0.1) is 6.10 Å². The fourth-order valence-corrected chi connectivity index (χ4v) is 1.12. The van der Waals surface area contributed by atoms with E-state index in [1.165, 1.54) is 0 Å². The number of carbonyl (C=O) groups excluding carboxylic acids is 1. The van der Waals surface area contributed by atoms with E-state index >= 15 is 0 Å². The maximum atomic E-state index is 10.3. The van der Waals surface area contributed by atoms with E-state index in [4.69, 9.17) is 10.5 Å². The van der Waals surface area contributed by atoms with Gasteiger partial charge in [-0.05, 0) is 19.3 Å². The Kier molecular flexibility index (Phi) is 3.11. The molecule has 3 heteroatoms. The van der Waals surface area contributed by atoms with Crippen molar-refractivity contribution in [1.29, 1.82) is 0 Å². The summed E-state index contributed by atoms with van der Waals surface area (Å²) >= 11 is 0. The third-order valence-corrected chi connectivity index (χ3v) is 1.68. The van der Waals surface area contributed by atoms with Crippen molar-refractivity contribution in [2.24, 2.45) is 5.73 Å². The summed E-state index contributed by atoms with van der Waals surface area (Å²) in [7, 11) is 0. The topological polar surface area (TPSA) is 52.3 Å². The molecular weight excluding hydrogens is 142 g/mol. The van der Waals surface area contributed by atoms with Crippen molar-refractivity contribution < 1.29 is 9.53 Å². The highest BCUT2D eigenvalue weighted by Crippen LogP contribution is 2.13. The SMILES string of the molecule is NC(=O)COC1CC=CCC1. The summed E-state index contributed by atoms with van der Waals surface area (Å²) in [5.74, 6) is -0.389. The first kappa shape index (κ1) is 8.27. The molecule has 0 saturated heterocycles. The summed E-state index contributed by atoms with van der Waals surface area (Å²) in [5, 5.41) is 0. The highest BCUT2D eigenvalue weighted by Gasteiger charge is 2.10. The van der Waals surface area contributed by atoms with Gasteiger partial charge in [-0.25, -0.2) is 0 Å². The van der Waals surface area contributed by atoms with Crippen LogP contribution in [0.5, 0.6) is 0 Å². The number of rotatable bonds is 3. The van der Waals surface area contributed by atoms with Crippen LogP contribution < -0.4 is 5.73 Å². The van der Waals surface area contributed by atoms with Gasteiger partial charge in [0.1, 0.15) is 6.61 Å². The number of hydrogen-bond acceptors (Lipinski definition) is 2. The van der Waals surface area contributed by atoms with E-state index in [2.05, 4.69) is 12.2 Å². The van der Waals surface area contributed by atoms with Crippen LogP contribution in [-0.2, 0) is 9.53 Å². The van der Waals surface area contributed by atoms with Gasteiger partial charge < -0.3 is 10.5 Å². The molecule has 0 aliphatic heterocycles. The molecule has 0 radical (unpaired) electrons. The Hall–Kier alpha value is -0.830. The van der Waals surface area contributed by atoms with E-state index in [0.717, 1.165) is 19.3 Å². The largest absolute Gasteiger partial charge is 0.368 e. The summed E-state index contributed by atoms with van der Waals surface area (Å²) in [6.07, 6.45) is 7.37. The fourth-order valence-electron chi connectivity index (χ4n) is 1.12. The monoisotopic (exact) mass is 155 g/mol. The molecule has 1 aliphatic carbocycles. The molecule has 62 valence electrons. The Morgan fingerprint density at radius 1 is 1.64 bits per heavy atom. The van der Waals surface area contributed by atoms with Gasteiger partial charge in [0.2, 0.25) is 5.91 Å². The van der Waals surface area contributed by atoms with Gasteiger partial charge in [-0.2, -0.15) is 0 Å². The van der Waals surface area contributed by atoms with Gasteiger partial charge in [0.25, 0.3) is 0 Å². The van der Waals surface area contributed by atoms with Gasteiger partial charge in [0, 0.05) is 0 Å². The van der Waals surface area contributed by atoms with Crippen LogP contribution in [0.2, 0.25) is 0 Å². The quantitative estimate of drug-likeness (QED) is 0.607. The number of ether oxygens (including phenoxy) is 1. The van der Waals surface area contributed by atoms with Crippen LogP contribution in [0.4, 0.5) is 0 Å². The number of allylic oxidation sites excluding steroid dienone is 1. The zero-order valence-electron chi connectivity index (χ0n) is 6.45. The Morgan fingerprint density at radius 2 is 2.45 bits per heavy atom.